The fourth-order valence-corrected chi connectivity index (χ4v) is 28.6. The predicted molar refractivity (Wildman–Crippen MR) is 93.9 cm³/mol. The first-order chi connectivity index (χ1) is 10.4. The van der Waals surface area contributed by atoms with Gasteiger partial charge in [-0.2, -0.15) is 0 Å². The Labute approximate surface area is 132 Å². The summed E-state index contributed by atoms with van der Waals surface area (Å²) in [4.78, 5) is 0. The summed E-state index contributed by atoms with van der Waals surface area (Å²) >= 11 is -2.89. The van der Waals surface area contributed by atoms with Gasteiger partial charge in [-0.1, -0.05) is 0 Å². The molecule has 104 valence electrons. The monoisotopic (exact) mass is 468 g/mol. The van der Waals surface area contributed by atoms with Crippen LogP contribution < -0.4 is 0 Å². The molecule has 4 aliphatic carbocycles. The molecule has 0 aromatic heterocycles. The Bertz CT molecular complexity index is 486. The molecule has 0 saturated heterocycles. The number of hydrogen-bond acceptors (Lipinski definition) is 0. The molecule has 0 amide bonds. The third-order valence-electron chi connectivity index (χ3n) is 5.30. The van der Waals surface area contributed by atoms with Crippen LogP contribution in [-0.4, -0.2) is 21.2 Å². The van der Waals surface area contributed by atoms with E-state index in [1.165, 1.54) is 0 Å². The second-order valence-corrected chi connectivity index (χ2v) is 24.3. The molecule has 0 saturated carbocycles. The van der Waals surface area contributed by atoms with Crippen molar-refractivity contribution in [3.05, 3.63) is 97.2 Å². The quantitative estimate of drug-likeness (QED) is 0.485. The van der Waals surface area contributed by atoms with E-state index in [1.807, 2.05) is 0 Å². The molecule has 0 fully saturated rings. The minimum absolute atomic E-state index is 0.685. The molecule has 0 unspecified atom stereocenters. The van der Waals surface area contributed by atoms with Gasteiger partial charge in [0.05, 0.1) is 0 Å². The van der Waals surface area contributed by atoms with E-state index in [0.717, 1.165) is 0 Å². The van der Waals surface area contributed by atoms with Crippen LogP contribution in [0.3, 0.4) is 0 Å². The summed E-state index contributed by atoms with van der Waals surface area (Å²) in [5, 5.41) is 0. The number of rotatable bonds is 4. The zero-order valence-corrected chi connectivity index (χ0v) is 15.9. The zero-order chi connectivity index (χ0) is 14.1. The Balaban J connectivity index is 1.88. The number of hydrogen-bond donors (Lipinski definition) is 0. The first-order valence-electron chi connectivity index (χ1n) is 7.82. The van der Waals surface area contributed by atoms with Gasteiger partial charge in [0.1, 0.15) is 0 Å². The van der Waals surface area contributed by atoms with Crippen molar-refractivity contribution in [2.45, 2.75) is 13.9 Å². The molecule has 0 aromatic rings. The van der Waals surface area contributed by atoms with Crippen molar-refractivity contribution in [2.75, 3.05) is 0 Å². The van der Waals surface area contributed by atoms with Gasteiger partial charge >= 0.3 is 132 Å². The van der Waals surface area contributed by atoms with Gasteiger partial charge < -0.3 is 0 Å². The Kier molecular flexibility index (Phi) is 3.58. The molecular formula is C20H20Pb. The Morgan fingerprint density at radius 1 is 0.333 bits per heavy atom. The molecule has 0 bridgehead atoms. The summed E-state index contributed by atoms with van der Waals surface area (Å²) in [5.41, 5.74) is 0. The molecule has 4 rings (SSSR count). The van der Waals surface area contributed by atoms with E-state index >= 15 is 0 Å². The topological polar surface area (TPSA) is 0 Å². The van der Waals surface area contributed by atoms with Crippen molar-refractivity contribution in [3.8, 4) is 0 Å². The molecular weight excluding hydrogens is 447 g/mol. The number of allylic oxidation sites excluding steroid dienone is 16. The molecule has 0 aliphatic heterocycles. The van der Waals surface area contributed by atoms with Gasteiger partial charge in [-0.25, -0.2) is 0 Å². The van der Waals surface area contributed by atoms with Crippen LogP contribution in [0.2, 0.25) is 13.9 Å². The van der Waals surface area contributed by atoms with Crippen molar-refractivity contribution in [1.29, 1.82) is 0 Å². The van der Waals surface area contributed by atoms with Gasteiger partial charge in [0.25, 0.3) is 0 Å². The standard InChI is InChI=1S/4C5H5.Pb/c4*1-2-4-5-3-1;/h4*1-5H;. The van der Waals surface area contributed by atoms with E-state index in [4.69, 9.17) is 0 Å². The molecule has 1 heteroatoms. The maximum atomic E-state index is 2.47. The first-order valence-corrected chi connectivity index (χ1v) is 16.8. The summed E-state index contributed by atoms with van der Waals surface area (Å²) < 4.78 is 2.74. The molecule has 0 heterocycles. The van der Waals surface area contributed by atoms with Crippen LogP contribution in [0.1, 0.15) is 0 Å². The summed E-state index contributed by atoms with van der Waals surface area (Å²) in [5.74, 6) is 0. The van der Waals surface area contributed by atoms with Gasteiger partial charge in [-0.15, -0.1) is 0 Å². The first kappa shape index (κ1) is 13.5. The Hall–Kier alpha value is -1.16. The normalized spacial score (nSPS) is 24.8. The van der Waals surface area contributed by atoms with Gasteiger partial charge in [0.2, 0.25) is 0 Å². The second kappa shape index (κ2) is 5.56. The second-order valence-electron chi connectivity index (χ2n) is 6.18. The summed E-state index contributed by atoms with van der Waals surface area (Å²) in [7, 11) is 0. The Morgan fingerprint density at radius 2 is 0.524 bits per heavy atom. The SMILES string of the molecule is C1=C[CH]([Pb]([CH]2C=CC=C2)([CH]2C=CC=C2)[CH]2C=CC=C2)C=C1. The van der Waals surface area contributed by atoms with E-state index in [9.17, 15) is 0 Å². The molecule has 0 radical (unpaired) electrons. The van der Waals surface area contributed by atoms with Gasteiger partial charge in [0.15, 0.2) is 0 Å². The third kappa shape index (κ3) is 2.07. The van der Waals surface area contributed by atoms with Crippen LogP contribution in [0.4, 0.5) is 0 Å². The van der Waals surface area contributed by atoms with Crippen molar-refractivity contribution >= 4 is 21.2 Å². The zero-order valence-electron chi connectivity index (χ0n) is 12.0. The average molecular weight is 468 g/mol. The summed E-state index contributed by atoms with van der Waals surface area (Å²) in [6.07, 6.45) is 37.8. The molecule has 0 nitrogen and oxygen atoms in total. The van der Waals surface area contributed by atoms with Gasteiger partial charge in [-0.3, -0.25) is 0 Å². The molecule has 0 spiro atoms. The van der Waals surface area contributed by atoms with Crippen LogP contribution in [0, 0.1) is 0 Å². The van der Waals surface area contributed by atoms with E-state index < -0.39 is 21.2 Å². The summed E-state index contributed by atoms with van der Waals surface area (Å²) in [6.45, 7) is 0. The fourth-order valence-electron chi connectivity index (χ4n) is 4.39. The van der Waals surface area contributed by atoms with Gasteiger partial charge in [-0.05, 0) is 0 Å². The molecule has 0 atom stereocenters. The average Bonchev–Trinajstić information content (AvgIpc) is 3.32. The van der Waals surface area contributed by atoms with Gasteiger partial charge in [0, 0.05) is 0 Å². The summed E-state index contributed by atoms with van der Waals surface area (Å²) in [6, 6.07) is 0. The van der Waals surface area contributed by atoms with E-state index in [2.05, 4.69) is 97.2 Å². The van der Waals surface area contributed by atoms with Crippen molar-refractivity contribution in [3.63, 3.8) is 0 Å². The van der Waals surface area contributed by atoms with Crippen molar-refractivity contribution in [1.82, 2.24) is 0 Å². The molecule has 0 aromatic carbocycles. The van der Waals surface area contributed by atoms with Crippen LogP contribution >= 0.6 is 0 Å². The third-order valence-corrected chi connectivity index (χ3v) is 29.2. The van der Waals surface area contributed by atoms with E-state index in [0.29, 0.717) is 13.9 Å². The van der Waals surface area contributed by atoms with Crippen molar-refractivity contribution in [2.24, 2.45) is 0 Å². The fraction of sp³-hybridized carbons (Fsp3) is 0.200. The molecule has 21 heavy (non-hydrogen) atoms. The molecule has 4 aliphatic rings. The van der Waals surface area contributed by atoms with Crippen molar-refractivity contribution < 1.29 is 0 Å². The van der Waals surface area contributed by atoms with Crippen LogP contribution in [0.25, 0.3) is 0 Å². The maximum absolute atomic E-state index is 2.89. The van der Waals surface area contributed by atoms with Crippen LogP contribution in [0.5, 0.6) is 0 Å². The van der Waals surface area contributed by atoms with Crippen LogP contribution in [-0.2, 0) is 0 Å². The minimum atomic E-state index is -2.89. The Morgan fingerprint density at radius 3 is 0.714 bits per heavy atom. The van der Waals surface area contributed by atoms with E-state index in [1.54, 1.807) is 0 Å². The molecule has 0 N–H and O–H groups in total. The van der Waals surface area contributed by atoms with E-state index in [-0.39, 0.29) is 0 Å². The van der Waals surface area contributed by atoms with Crippen LogP contribution in [0.15, 0.2) is 97.2 Å². The predicted octanol–water partition coefficient (Wildman–Crippen LogP) is 5.42.